The maximum atomic E-state index is 11.2. The van der Waals surface area contributed by atoms with E-state index < -0.39 is 18.1 Å². The van der Waals surface area contributed by atoms with Gasteiger partial charge in [-0.05, 0) is 13.0 Å². The summed E-state index contributed by atoms with van der Waals surface area (Å²) in [7, 11) is 0. The van der Waals surface area contributed by atoms with Gasteiger partial charge in [-0.15, -0.1) is 0 Å². The van der Waals surface area contributed by atoms with Gasteiger partial charge in [0, 0.05) is 13.0 Å². The van der Waals surface area contributed by atoms with Gasteiger partial charge in [0.05, 0.1) is 6.10 Å². The molecule has 0 spiro atoms. The molecule has 25 heavy (non-hydrogen) atoms. The van der Waals surface area contributed by atoms with Crippen molar-refractivity contribution in [3.63, 3.8) is 0 Å². The first-order valence-electron chi connectivity index (χ1n) is 10.8. The SMILES string of the molecule is CCCCCCCCCCCCCCCCN1C[C@@H](O)C[C@H]1C(=O)O. The minimum Gasteiger partial charge on any atom is -0.480 e. The fourth-order valence-electron chi connectivity index (χ4n) is 3.89. The van der Waals surface area contributed by atoms with Crippen molar-refractivity contribution in [2.45, 2.75) is 115 Å². The average molecular weight is 356 g/mol. The van der Waals surface area contributed by atoms with Crippen molar-refractivity contribution in [1.29, 1.82) is 0 Å². The summed E-state index contributed by atoms with van der Waals surface area (Å²) < 4.78 is 0. The maximum Gasteiger partial charge on any atom is 0.321 e. The Kier molecular flexibility index (Phi) is 13.1. The second-order valence-corrected chi connectivity index (χ2v) is 7.83. The summed E-state index contributed by atoms with van der Waals surface area (Å²) in [5.74, 6) is -0.790. The highest BCUT2D eigenvalue weighted by molar-refractivity contribution is 5.74. The van der Waals surface area contributed by atoms with Crippen LogP contribution in [0.4, 0.5) is 0 Å². The van der Waals surface area contributed by atoms with Crippen molar-refractivity contribution in [3.05, 3.63) is 0 Å². The van der Waals surface area contributed by atoms with Crippen molar-refractivity contribution < 1.29 is 15.0 Å². The Balaban J connectivity index is 1.84. The zero-order chi connectivity index (χ0) is 18.3. The number of carbonyl (C=O) groups is 1. The molecule has 0 bridgehead atoms. The van der Waals surface area contributed by atoms with Crippen LogP contribution < -0.4 is 0 Å². The van der Waals surface area contributed by atoms with Crippen LogP contribution in [-0.4, -0.2) is 46.3 Å². The zero-order valence-electron chi connectivity index (χ0n) is 16.4. The van der Waals surface area contributed by atoms with Gasteiger partial charge in [0.15, 0.2) is 0 Å². The van der Waals surface area contributed by atoms with Crippen molar-refractivity contribution in [3.8, 4) is 0 Å². The van der Waals surface area contributed by atoms with Crippen LogP contribution in [0.15, 0.2) is 0 Å². The highest BCUT2D eigenvalue weighted by atomic mass is 16.4. The van der Waals surface area contributed by atoms with Gasteiger partial charge in [0.2, 0.25) is 0 Å². The molecule has 1 rings (SSSR count). The van der Waals surface area contributed by atoms with Gasteiger partial charge >= 0.3 is 5.97 Å². The molecule has 1 heterocycles. The van der Waals surface area contributed by atoms with E-state index in [1.807, 2.05) is 4.90 Å². The van der Waals surface area contributed by atoms with E-state index in [9.17, 15) is 9.90 Å². The quantitative estimate of drug-likeness (QED) is 0.383. The summed E-state index contributed by atoms with van der Waals surface area (Å²) in [4.78, 5) is 13.1. The number of aliphatic hydroxyl groups is 1. The van der Waals surface area contributed by atoms with Crippen LogP contribution in [0.5, 0.6) is 0 Å². The molecular weight excluding hydrogens is 314 g/mol. The molecule has 0 amide bonds. The van der Waals surface area contributed by atoms with Gasteiger partial charge in [-0.3, -0.25) is 9.69 Å². The monoisotopic (exact) mass is 355 g/mol. The van der Waals surface area contributed by atoms with Gasteiger partial charge in [0.25, 0.3) is 0 Å². The topological polar surface area (TPSA) is 60.8 Å². The molecule has 0 unspecified atom stereocenters. The minimum atomic E-state index is -0.790. The fraction of sp³-hybridized carbons (Fsp3) is 0.952. The lowest BCUT2D eigenvalue weighted by atomic mass is 10.0. The predicted molar refractivity (Wildman–Crippen MR) is 104 cm³/mol. The van der Waals surface area contributed by atoms with Gasteiger partial charge in [0.1, 0.15) is 6.04 Å². The fourth-order valence-corrected chi connectivity index (χ4v) is 3.89. The van der Waals surface area contributed by atoms with Crippen LogP contribution in [0.1, 0.15) is 103 Å². The highest BCUT2D eigenvalue weighted by Crippen LogP contribution is 2.19. The van der Waals surface area contributed by atoms with Crippen LogP contribution in [0.25, 0.3) is 0 Å². The van der Waals surface area contributed by atoms with Gasteiger partial charge in [-0.25, -0.2) is 0 Å². The molecule has 1 aliphatic rings. The average Bonchev–Trinajstić information content (AvgIpc) is 2.96. The second kappa shape index (κ2) is 14.5. The smallest absolute Gasteiger partial charge is 0.321 e. The molecule has 1 fully saturated rings. The Morgan fingerprint density at radius 1 is 0.840 bits per heavy atom. The molecule has 0 aromatic rings. The number of aliphatic hydroxyl groups excluding tert-OH is 1. The lowest BCUT2D eigenvalue weighted by Crippen LogP contribution is -2.36. The number of carboxylic acids is 1. The number of likely N-dealkylation sites (tertiary alicyclic amines) is 1. The van der Waals surface area contributed by atoms with E-state index in [1.165, 1.54) is 83.5 Å². The number of hydrogen-bond acceptors (Lipinski definition) is 3. The molecular formula is C21H41NO3. The van der Waals surface area contributed by atoms with Gasteiger partial charge in [-0.1, -0.05) is 90.4 Å². The van der Waals surface area contributed by atoms with E-state index in [0.717, 1.165) is 13.0 Å². The summed E-state index contributed by atoms with van der Waals surface area (Å²) in [6.45, 7) is 3.60. The molecule has 0 aromatic heterocycles. The minimum absolute atomic E-state index is 0.383. The third-order valence-corrected chi connectivity index (χ3v) is 5.47. The number of aliphatic carboxylic acids is 1. The summed E-state index contributed by atoms with van der Waals surface area (Å²) in [6.07, 6.45) is 18.6. The lowest BCUT2D eigenvalue weighted by Gasteiger charge is -2.20. The Morgan fingerprint density at radius 2 is 1.28 bits per heavy atom. The van der Waals surface area contributed by atoms with E-state index in [4.69, 9.17) is 5.11 Å². The third kappa shape index (κ3) is 10.9. The number of rotatable bonds is 16. The van der Waals surface area contributed by atoms with Crippen molar-refractivity contribution in [2.75, 3.05) is 13.1 Å². The summed E-state index contributed by atoms with van der Waals surface area (Å²) in [5, 5.41) is 18.8. The normalized spacial score (nSPS) is 21.0. The molecule has 0 saturated carbocycles. The number of carboxylic acid groups (broad SMARTS) is 1. The van der Waals surface area contributed by atoms with E-state index in [2.05, 4.69) is 6.92 Å². The summed E-state index contributed by atoms with van der Waals surface area (Å²) in [6, 6.07) is -0.475. The first-order valence-corrected chi connectivity index (χ1v) is 10.8. The van der Waals surface area contributed by atoms with E-state index in [1.54, 1.807) is 0 Å². The standard InChI is InChI=1S/C21H41NO3/c1-2-3-4-5-6-7-8-9-10-11-12-13-14-15-16-22-18-19(23)17-20(22)21(24)25/h19-20,23H,2-18H2,1H3,(H,24,25)/t19-,20-/m0/s1. The summed E-state index contributed by atoms with van der Waals surface area (Å²) >= 11 is 0. The third-order valence-electron chi connectivity index (χ3n) is 5.47. The highest BCUT2D eigenvalue weighted by Gasteiger charge is 2.35. The zero-order valence-corrected chi connectivity index (χ0v) is 16.4. The van der Waals surface area contributed by atoms with E-state index >= 15 is 0 Å². The Bertz CT molecular complexity index is 335. The molecule has 148 valence electrons. The van der Waals surface area contributed by atoms with Crippen LogP contribution in [0.3, 0.4) is 0 Å². The number of unbranched alkanes of at least 4 members (excludes halogenated alkanes) is 13. The van der Waals surface area contributed by atoms with Gasteiger partial charge < -0.3 is 10.2 Å². The lowest BCUT2D eigenvalue weighted by molar-refractivity contribution is -0.142. The van der Waals surface area contributed by atoms with Crippen LogP contribution in [0.2, 0.25) is 0 Å². The number of nitrogens with zero attached hydrogens (tertiary/aromatic N) is 1. The first kappa shape index (κ1) is 22.4. The molecule has 4 nitrogen and oxygen atoms in total. The van der Waals surface area contributed by atoms with Crippen molar-refractivity contribution >= 4 is 5.97 Å². The molecule has 0 radical (unpaired) electrons. The second-order valence-electron chi connectivity index (χ2n) is 7.83. The Hall–Kier alpha value is -0.610. The Labute approximate surface area is 155 Å². The number of β-amino-alcohol motifs (C(OH)–C–C–N with tert-alkyl or cyclic N) is 1. The van der Waals surface area contributed by atoms with Gasteiger partial charge in [-0.2, -0.15) is 0 Å². The summed E-state index contributed by atoms with van der Waals surface area (Å²) in [5.41, 5.74) is 0. The molecule has 1 aliphatic heterocycles. The maximum absolute atomic E-state index is 11.2. The first-order chi connectivity index (χ1) is 12.1. The molecule has 0 aromatic carbocycles. The molecule has 2 N–H and O–H groups in total. The predicted octanol–water partition coefficient (Wildman–Crippen LogP) is 4.99. The van der Waals surface area contributed by atoms with Crippen molar-refractivity contribution in [1.82, 2.24) is 4.90 Å². The molecule has 2 atom stereocenters. The number of hydrogen-bond donors (Lipinski definition) is 2. The molecule has 0 aliphatic carbocycles. The molecule has 1 saturated heterocycles. The van der Waals surface area contributed by atoms with E-state index in [0.29, 0.717) is 13.0 Å². The van der Waals surface area contributed by atoms with E-state index in [-0.39, 0.29) is 0 Å². The molecule has 4 heteroatoms. The van der Waals surface area contributed by atoms with Crippen LogP contribution >= 0.6 is 0 Å². The van der Waals surface area contributed by atoms with Crippen molar-refractivity contribution in [2.24, 2.45) is 0 Å². The largest absolute Gasteiger partial charge is 0.480 e. The van der Waals surface area contributed by atoms with Crippen LogP contribution in [0, 0.1) is 0 Å². The van der Waals surface area contributed by atoms with Crippen LogP contribution in [-0.2, 0) is 4.79 Å². The Morgan fingerprint density at radius 3 is 1.72 bits per heavy atom.